The Morgan fingerprint density at radius 3 is 1.65 bits per heavy atom. The van der Waals surface area contributed by atoms with Crippen molar-refractivity contribution in [3.05, 3.63) is 71.8 Å². The van der Waals surface area contributed by atoms with Crippen LogP contribution in [0.25, 0.3) is 0 Å². The van der Waals surface area contributed by atoms with E-state index in [2.05, 4.69) is 6.58 Å². The second kappa shape index (κ2) is 12.0. The molecule has 6 nitrogen and oxygen atoms in total. The largest absolute Gasteiger partial charge is 0.465 e. The molecule has 0 bridgehead atoms. The highest BCUT2D eigenvalue weighted by Crippen LogP contribution is 2.31. The number of rotatable bonds is 11. The van der Waals surface area contributed by atoms with Crippen LogP contribution >= 0.6 is 0 Å². The third-order valence-corrected chi connectivity index (χ3v) is 5.13. The van der Waals surface area contributed by atoms with Gasteiger partial charge in [-0.05, 0) is 42.3 Å². The Balaban J connectivity index is 2.29. The fraction of sp³-hybridized carbons (Fsp3) is 0.464. The standard InChI is InChI=1S/C28H38O6/c1-18(2)25(29)34-24(20-10-14-22(15-11-20)32-26(30-8)19(3)4)21-12-16-23(17-13-21)33-27(31-9)28(5,6)7/h10-17,19,24,26-27H,1H2,2-9H3. The lowest BCUT2D eigenvalue weighted by Crippen LogP contribution is -2.33. The van der Waals surface area contributed by atoms with E-state index >= 15 is 0 Å². The minimum atomic E-state index is -0.614. The first-order chi connectivity index (χ1) is 16.0. The third-order valence-electron chi connectivity index (χ3n) is 5.13. The Kier molecular flexibility index (Phi) is 9.71. The summed E-state index contributed by atoms with van der Waals surface area (Å²) in [6.07, 6.45) is -1.36. The fourth-order valence-electron chi connectivity index (χ4n) is 3.27. The SMILES string of the molecule is C=C(C)C(=O)OC(c1ccc(OC(OC)C(C)C)cc1)c1ccc(OC(OC)C(C)(C)C)cc1. The summed E-state index contributed by atoms with van der Waals surface area (Å²) in [4.78, 5) is 12.4. The molecule has 0 radical (unpaired) electrons. The van der Waals surface area contributed by atoms with Crippen molar-refractivity contribution in [3.63, 3.8) is 0 Å². The van der Waals surface area contributed by atoms with Crippen LogP contribution < -0.4 is 9.47 Å². The molecular weight excluding hydrogens is 432 g/mol. The van der Waals surface area contributed by atoms with Crippen molar-refractivity contribution in [1.29, 1.82) is 0 Å². The van der Waals surface area contributed by atoms with Gasteiger partial charge in [0, 0.05) is 31.1 Å². The highest BCUT2D eigenvalue weighted by molar-refractivity contribution is 5.87. The molecule has 3 atom stereocenters. The van der Waals surface area contributed by atoms with E-state index in [4.69, 9.17) is 23.7 Å². The maximum absolute atomic E-state index is 12.4. The van der Waals surface area contributed by atoms with Crippen molar-refractivity contribution in [2.75, 3.05) is 14.2 Å². The van der Waals surface area contributed by atoms with Gasteiger partial charge in [-0.1, -0.05) is 65.5 Å². The lowest BCUT2D eigenvalue weighted by molar-refractivity contribution is -0.142. The van der Waals surface area contributed by atoms with Crippen molar-refractivity contribution in [2.24, 2.45) is 11.3 Å². The van der Waals surface area contributed by atoms with Gasteiger partial charge in [0.1, 0.15) is 11.5 Å². The topological polar surface area (TPSA) is 63.2 Å². The highest BCUT2D eigenvalue weighted by atomic mass is 16.7. The van der Waals surface area contributed by atoms with Crippen molar-refractivity contribution in [3.8, 4) is 11.5 Å². The van der Waals surface area contributed by atoms with Crippen LogP contribution in [0.5, 0.6) is 11.5 Å². The Labute approximate surface area is 203 Å². The van der Waals surface area contributed by atoms with E-state index < -0.39 is 18.4 Å². The quantitative estimate of drug-likeness (QED) is 0.218. The average molecular weight is 471 g/mol. The predicted molar refractivity (Wildman–Crippen MR) is 133 cm³/mol. The number of carbonyl (C=O) groups is 1. The van der Waals surface area contributed by atoms with Gasteiger partial charge in [-0.2, -0.15) is 0 Å². The minimum absolute atomic E-state index is 0.186. The third kappa shape index (κ3) is 7.61. The van der Waals surface area contributed by atoms with Crippen LogP contribution in [0.15, 0.2) is 60.7 Å². The van der Waals surface area contributed by atoms with Gasteiger partial charge < -0.3 is 23.7 Å². The number of esters is 1. The first-order valence-corrected chi connectivity index (χ1v) is 11.4. The van der Waals surface area contributed by atoms with Crippen LogP contribution in [0, 0.1) is 11.3 Å². The molecule has 0 aliphatic heterocycles. The molecule has 0 amide bonds. The molecule has 2 aromatic rings. The molecule has 3 unspecified atom stereocenters. The van der Waals surface area contributed by atoms with E-state index in [0.29, 0.717) is 17.1 Å². The lowest BCUT2D eigenvalue weighted by Gasteiger charge is -2.29. The first kappa shape index (κ1) is 27.4. The number of methoxy groups -OCH3 is 2. The Morgan fingerprint density at radius 1 is 0.824 bits per heavy atom. The van der Waals surface area contributed by atoms with Crippen LogP contribution in [0.2, 0.25) is 0 Å². The van der Waals surface area contributed by atoms with E-state index in [1.807, 2.05) is 83.1 Å². The summed E-state index contributed by atoms with van der Waals surface area (Å²) < 4.78 is 28.6. The Bertz CT molecular complexity index is 925. The van der Waals surface area contributed by atoms with Crippen LogP contribution in [-0.2, 0) is 19.0 Å². The zero-order valence-corrected chi connectivity index (χ0v) is 21.6. The molecule has 0 fully saturated rings. The van der Waals surface area contributed by atoms with Crippen LogP contribution in [0.3, 0.4) is 0 Å². The smallest absolute Gasteiger partial charge is 0.334 e. The zero-order valence-electron chi connectivity index (χ0n) is 21.6. The fourth-order valence-corrected chi connectivity index (χ4v) is 3.27. The molecule has 0 aliphatic rings. The molecule has 2 rings (SSSR count). The molecule has 0 aliphatic carbocycles. The first-order valence-electron chi connectivity index (χ1n) is 11.4. The molecule has 0 saturated heterocycles. The molecule has 0 heterocycles. The van der Waals surface area contributed by atoms with Gasteiger partial charge in [0.15, 0.2) is 6.10 Å². The summed E-state index contributed by atoms with van der Waals surface area (Å²) in [7, 11) is 3.25. The molecule has 0 saturated carbocycles. The molecule has 0 aromatic heterocycles. The summed E-state index contributed by atoms with van der Waals surface area (Å²) in [5, 5.41) is 0. The molecule has 6 heteroatoms. The summed E-state index contributed by atoms with van der Waals surface area (Å²) in [6, 6.07) is 14.9. The number of hydrogen-bond donors (Lipinski definition) is 0. The van der Waals surface area contributed by atoms with Gasteiger partial charge in [-0.3, -0.25) is 0 Å². The van der Waals surface area contributed by atoms with Crippen LogP contribution in [0.1, 0.15) is 58.8 Å². The van der Waals surface area contributed by atoms with Crippen LogP contribution in [-0.4, -0.2) is 32.8 Å². The zero-order chi connectivity index (χ0) is 25.5. The summed E-state index contributed by atoms with van der Waals surface area (Å²) in [5.41, 5.74) is 1.75. The van der Waals surface area contributed by atoms with E-state index in [-0.39, 0.29) is 17.6 Å². The normalized spacial score (nSPS) is 14.3. The van der Waals surface area contributed by atoms with Crippen molar-refractivity contribution in [2.45, 2.75) is 60.2 Å². The maximum atomic E-state index is 12.4. The van der Waals surface area contributed by atoms with Gasteiger partial charge in [-0.25, -0.2) is 4.79 Å². The van der Waals surface area contributed by atoms with Crippen molar-refractivity contribution >= 4 is 5.97 Å². The van der Waals surface area contributed by atoms with Crippen molar-refractivity contribution in [1.82, 2.24) is 0 Å². The van der Waals surface area contributed by atoms with Gasteiger partial charge in [0.2, 0.25) is 12.6 Å². The average Bonchev–Trinajstić information content (AvgIpc) is 2.79. The number of hydrogen-bond acceptors (Lipinski definition) is 6. The van der Waals surface area contributed by atoms with Gasteiger partial charge in [0.25, 0.3) is 0 Å². The minimum Gasteiger partial charge on any atom is -0.465 e. The summed E-state index contributed by atoms with van der Waals surface area (Å²) >= 11 is 0. The summed E-state index contributed by atoms with van der Waals surface area (Å²) in [6.45, 7) is 15.5. The molecule has 0 N–H and O–H groups in total. The van der Waals surface area contributed by atoms with E-state index in [0.717, 1.165) is 11.1 Å². The molecule has 34 heavy (non-hydrogen) atoms. The van der Waals surface area contributed by atoms with Crippen LogP contribution in [0.4, 0.5) is 0 Å². The lowest BCUT2D eigenvalue weighted by atomic mass is 9.96. The van der Waals surface area contributed by atoms with Gasteiger partial charge >= 0.3 is 5.97 Å². The van der Waals surface area contributed by atoms with E-state index in [1.165, 1.54) is 0 Å². The molecule has 0 spiro atoms. The summed E-state index contributed by atoms with van der Waals surface area (Å²) in [5.74, 6) is 1.08. The highest BCUT2D eigenvalue weighted by Gasteiger charge is 2.27. The van der Waals surface area contributed by atoms with Gasteiger partial charge in [0.05, 0.1) is 0 Å². The van der Waals surface area contributed by atoms with Crippen molar-refractivity contribution < 1.29 is 28.5 Å². The Morgan fingerprint density at radius 2 is 1.29 bits per heavy atom. The van der Waals surface area contributed by atoms with E-state index in [9.17, 15) is 4.79 Å². The second-order valence-electron chi connectivity index (χ2n) is 9.72. The predicted octanol–water partition coefficient (Wildman–Crippen LogP) is 6.30. The Hall–Kier alpha value is -2.83. The molecule has 2 aromatic carbocycles. The molecule has 186 valence electrons. The second-order valence-corrected chi connectivity index (χ2v) is 9.72. The number of benzene rings is 2. The van der Waals surface area contributed by atoms with Gasteiger partial charge in [-0.15, -0.1) is 0 Å². The number of carbonyl (C=O) groups excluding carboxylic acids is 1. The maximum Gasteiger partial charge on any atom is 0.334 e. The monoisotopic (exact) mass is 470 g/mol. The van der Waals surface area contributed by atoms with E-state index in [1.54, 1.807) is 21.1 Å². The number of ether oxygens (including phenoxy) is 5. The molecular formula is C28H38O6.